The van der Waals surface area contributed by atoms with Crippen molar-refractivity contribution in [3.8, 4) is 0 Å². The lowest BCUT2D eigenvalue weighted by atomic mass is 9.96. The van der Waals surface area contributed by atoms with E-state index in [1.54, 1.807) is 12.1 Å². The first-order valence-electron chi connectivity index (χ1n) is 7.32. The first-order valence-corrected chi connectivity index (χ1v) is 7.32. The Morgan fingerprint density at radius 3 is 2.52 bits per heavy atom. The van der Waals surface area contributed by atoms with E-state index in [0.29, 0.717) is 0 Å². The van der Waals surface area contributed by atoms with Crippen LogP contribution in [0, 0.1) is 26.6 Å². The number of rotatable bonds is 5. The molecule has 3 nitrogen and oxygen atoms in total. The van der Waals surface area contributed by atoms with Gasteiger partial charge in [-0.25, -0.2) is 4.39 Å². The lowest BCUT2D eigenvalue weighted by molar-refractivity contribution is 0.579. The maximum atomic E-state index is 13.8. The highest BCUT2D eigenvalue weighted by Crippen LogP contribution is 2.26. The fourth-order valence-corrected chi connectivity index (χ4v) is 2.49. The molecule has 0 fully saturated rings. The van der Waals surface area contributed by atoms with Crippen molar-refractivity contribution in [2.45, 2.75) is 40.2 Å². The number of hydrogen-bond acceptors (Lipinski definition) is 3. The Balaban J connectivity index is 2.49. The lowest BCUT2D eigenvalue weighted by Crippen LogP contribution is -2.25. The number of aromatic nitrogens is 2. The van der Waals surface area contributed by atoms with E-state index in [1.807, 2.05) is 32.9 Å². The predicted octanol–water partition coefficient (Wildman–Crippen LogP) is 3.63. The maximum Gasteiger partial charge on any atom is 0.123 e. The van der Waals surface area contributed by atoms with E-state index in [9.17, 15) is 4.39 Å². The van der Waals surface area contributed by atoms with E-state index in [2.05, 4.69) is 22.4 Å². The molecule has 0 bridgehead atoms. The van der Waals surface area contributed by atoms with Crippen molar-refractivity contribution >= 4 is 0 Å². The summed E-state index contributed by atoms with van der Waals surface area (Å²) in [5, 5.41) is 11.8. The van der Waals surface area contributed by atoms with Gasteiger partial charge < -0.3 is 5.32 Å². The van der Waals surface area contributed by atoms with Gasteiger partial charge in [0, 0.05) is 0 Å². The van der Waals surface area contributed by atoms with E-state index in [1.165, 1.54) is 0 Å². The van der Waals surface area contributed by atoms with Gasteiger partial charge in [-0.3, -0.25) is 0 Å². The van der Waals surface area contributed by atoms with Gasteiger partial charge in [0.05, 0.1) is 17.4 Å². The maximum absolute atomic E-state index is 13.8. The van der Waals surface area contributed by atoms with Crippen LogP contribution in [0.25, 0.3) is 0 Å². The third-order valence-electron chi connectivity index (χ3n) is 3.45. The van der Waals surface area contributed by atoms with Gasteiger partial charge in [0.15, 0.2) is 0 Å². The average Bonchev–Trinajstić information content (AvgIpc) is 2.42. The Morgan fingerprint density at radius 1 is 1.10 bits per heavy atom. The minimum absolute atomic E-state index is 0.0615. The number of nitrogens with one attached hydrogen (secondary N) is 1. The molecule has 1 N–H and O–H groups in total. The molecule has 0 aliphatic heterocycles. The number of nitrogens with zero attached hydrogens (tertiary/aromatic N) is 2. The summed E-state index contributed by atoms with van der Waals surface area (Å²) in [7, 11) is 0. The van der Waals surface area contributed by atoms with Crippen LogP contribution in [0.5, 0.6) is 0 Å². The second-order valence-corrected chi connectivity index (χ2v) is 5.48. The second-order valence-electron chi connectivity index (χ2n) is 5.48. The Hall–Kier alpha value is -1.81. The molecule has 4 heteroatoms. The molecule has 0 aliphatic carbocycles. The third kappa shape index (κ3) is 3.85. The number of halogens is 1. The molecule has 0 radical (unpaired) electrons. The standard InChI is InChI=1S/C17H22FN3/c1-5-6-19-17(14-7-11(2)8-15(18)10-14)16-9-12(3)20-21-13(16)4/h7-10,17,19H,5-6H2,1-4H3. The monoisotopic (exact) mass is 287 g/mol. The van der Waals surface area contributed by atoms with Crippen LogP contribution >= 0.6 is 0 Å². The zero-order valence-electron chi connectivity index (χ0n) is 13.1. The van der Waals surface area contributed by atoms with E-state index >= 15 is 0 Å². The number of aryl methyl sites for hydroxylation is 3. The van der Waals surface area contributed by atoms with E-state index in [0.717, 1.165) is 41.0 Å². The van der Waals surface area contributed by atoms with Crippen molar-refractivity contribution in [3.05, 3.63) is 58.2 Å². The quantitative estimate of drug-likeness (QED) is 0.912. The van der Waals surface area contributed by atoms with Gasteiger partial charge in [0.2, 0.25) is 0 Å². The predicted molar refractivity (Wildman–Crippen MR) is 82.8 cm³/mol. The van der Waals surface area contributed by atoms with Crippen LogP contribution in [0.3, 0.4) is 0 Å². The summed E-state index contributed by atoms with van der Waals surface area (Å²) < 4.78 is 13.8. The lowest BCUT2D eigenvalue weighted by Gasteiger charge is -2.21. The van der Waals surface area contributed by atoms with Crippen LogP contribution in [0.15, 0.2) is 24.3 Å². The SMILES string of the molecule is CCCNC(c1cc(C)cc(F)c1)c1cc(C)nnc1C. The highest BCUT2D eigenvalue weighted by atomic mass is 19.1. The third-order valence-corrected chi connectivity index (χ3v) is 3.45. The number of benzene rings is 1. The molecule has 2 rings (SSSR count). The van der Waals surface area contributed by atoms with Gasteiger partial charge >= 0.3 is 0 Å². The van der Waals surface area contributed by atoms with Crippen LogP contribution in [0.2, 0.25) is 0 Å². The van der Waals surface area contributed by atoms with Gasteiger partial charge in [-0.15, -0.1) is 0 Å². The molecule has 0 amide bonds. The van der Waals surface area contributed by atoms with Gasteiger partial charge in [-0.1, -0.05) is 13.0 Å². The summed E-state index contributed by atoms with van der Waals surface area (Å²) in [5.74, 6) is -0.204. The summed E-state index contributed by atoms with van der Waals surface area (Å²) in [4.78, 5) is 0. The summed E-state index contributed by atoms with van der Waals surface area (Å²) >= 11 is 0. The fourth-order valence-electron chi connectivity index (χ4n) is 2.49. The Bertz CT molecular complexity index is 605. The summed E-state index contributed by atoms with van der Waals surface area (Å²) in [5.41, 5.74) is 4.64. The van der Waals surface area contributed by atoms with Crippen molar-refractivity contribution in [3.63, 3.8) is 0 Å². The highest BCUT2D eigenvalue weighted by molar-refractivity contribution is 5.36. The fraction of sp³-hybridized carbons (Fsp3) is 0.412. The molecule has 0 spiro atoms. The zero-order valence-corrected chi connectivity index (χ0v) is 13.1. The summed E-state index contributed by atoms with van der Waals surface area (Å²) in [6, 6.07) is 7.12. The summed E-state index contributed by atoms with van der Waals surface area (Å²) in [6.07, 6.45) is 1.02. The van der Waals surface area contributed by atoms with Crippen LogP contribution in [-0.4, -0.2) is 16.7 Å². The van der Waals surface area contributed by atoms with Crippen molar-refractivity contribution in [1.29, 1.82) is 0 Å². The molecule has 21 heavy (non-hydrogen) atoms. The smallest absolute Gasteiger partial charge is 0.123 e. The second kappa shape index (κ2) is 6.76. The minimum Gasteiger partial charge on any atom is -0.306 e. The molecule has 1 unspecified atom stereocenters. The molecule has 112 valence electrons. The Labute approximate surface area is 125 Å². The topological polar surface area (TPSA) is 37.8 Å². The minimum atomic E-state index is -0.204. The van der Waals surface area contributed by atoms with Gasteiger partial charge in [-0.2, -0.15) is 10.2 Å². The number of hydrogen-bond donors (Lipinski definition) is 1. The summed E-state index contributed by atoms with van der Waals surface area (Å²) in [6.45, 7) is 8.75. The molecule has 1 atom stereocenters. The van der Waals surface area contributed by atoms with Crippen molar-refractivity contribution in [2.75, 3.05) is 6.54 Å². The van der Waals surface area contributed by atoms with E-state index in [-0.39, 0.29) is 11.9 Å². The van der Waals surface area contributed by atoms with Crippen LogP contribution in [0.4, 0.5) is 4.39 Å². The molecule has 2 aromatic rings. The molecule has 0 saturated carbocycles. The molecular weight excluding hydrogens is 265 g/mol. The van der Waals surface area contributed by atoms with Crippen molar-refractivity contribution < 1.29 is 4.39 Å². The highest BCUT2D eigenvalue weighted by Gasteiger charge is 2.18. The van der Waals surface area contributed by atoms with Crippen LogP contribution in [-0.2, 0) is 0 Å². The van der Waals surface area contributed by atoms with Crippen molar-refractivity contribution in [1.82, 2.24) is 15.5 Å². The first kappa shape index (κ1) is 15.6. The van der Waals surface area contributed by atoms with Gasteiger partial charge in [0.1, 0.15) is 5.82 Å². The zero-order chi connectivity index (χ0) is 15.4. The van der Waals surface area contributed by atoms with Gasteiger partial charge in [0.25, 0.3) is 0 Å². The molecule has 1 aromatic heterocycles. The molecule has 1 aromatic carbocycles. The Kier molecular flexibility index (Phi) is 5.02. The molecule has 0 saturated heterocycles. The van der Waals surface area contributed by atoms with E-state index in [4.69, 9.17) is 0 Å². The largest absolute Gasteiger partial charge is 0.306 e. The molecule has 0 aliphatic rings. The van der Waals surface area contributed by atoms with Gasteiger partial charge in [-0.05, 0) is 68.6 Å². The molecule has 1 heterocycles. The average molecular weight is 287 g/mol. The van der Waals surface area contributed by atoms with E-state index < -0.39 is 0 Å². The van der Waals surface area contributed by atoms with Crippen LogP contribution < -0.4 is 5.32 Å². The van der Waals surface area contributed by atoms with Crippen molar-refractivity contribution in [2.24, 2.45) is 0 Å². The molecular formula is C17H22FN3. The Morgan fingerprint density at radius 2 is 1.86 bits per heavy atom. The first-order chi connectivity index (χ1) is 10.0. The normalized spacial score (nSPS) is 12.4. The van der Waals surface area contributed by atoms with Crippen LogP contribution in [0.1, 0.15) is 47.5 Å².